The van der Waals surface area contributed by atoms with Crippen molar-refractivity contribution >= 4 is 56.5 Å². The molecule has 0 aliphatic rings. The van der Waals surface area contributed by atoms with Crippen LogP contribution in [0.2, 0.25) is 0 Å². The number of halogens is 3. The molecule has 0 aliphatic heterocycles. The van der Waals surface area contributed by atoms with E-state index in [4.69, 9.17) is 20.9 Å². The van der Waals surface area contributed by atoms with Crippen LogP contribution in [0.5, 0.6) is 0 Å². The SMILES string of the molecule is Cl.Cl.O=C(O)c1cc(C(=O)O)cc(S(=O)(=O)Cl)c1. The Balaban J connectivity index is 0. The lowest BCUT2D eigenvalue weighted by Gasteiger charge is -2.01. The van der Waals surface area contributed by atoms with Crippen LogP contribution in [0.4, 0.5) is 0 Å². The van der Waals surface area contributed by atoms with Gasteiger partial charge in [-0.15, -0.1) is 24.8 Å². The van der Waals surface area contributed by atoms with Gasteiger partial charge in [0.2, 0.25) is 0 Å². The Morgan fingerprint density at radius 1 is 0.944 bits per heavy atom. The van der Waals surface area contributed by atoms with Crippen molar-refractivity contribution in [1.29, 1.82) is 0 Å². The summed E-state index contributed by atoms with van der Waals surface area (Å²) in [5.41, 5.74) is -0.918. The quantitative estimate of drug-likeness (QED) is 0.815. The summed E-state index contributed by atoms with van der Waals surface area (Å²) in [5.74, 6) is -2.88. The largest absolute Gasteiger partial charge is 0.478 e. The molecule has 1 rings (SSSR count). The third-order valence-corrected chi connectivity index (χ3v) is 3.02. The van der Waals surface area contributed by atoms with E-state index in [0.717, 1.165) is 18.2 Å². The van der Waals surface area contributed by atoms with Crippen LogP contribution in [0.15, 0.2) is 23.1 Å². The maximum absolute atomic E-state index is 11.0. The minimum atomic E-state index is -4.17. The summed E-state index contributed by atoms with van der Waals surface area (Å²) in [5, 5.41) is 17.3. The molecule has 0 fully saturated rings. The molecule has 0 heterocycles. The van der Waals surface area contributed by atoms with Crippen molar-refractivity contribution in [2.75, 3.05) is 0 Å². The Labute approximate surface area is 119 Å². The molecule has 2 N–H and O–H groups in total. The molecule has 10 heteroatoms. The van der Waals surface area contributed by atoms with E-state index < -0.39 is 37.0 Å². The van der Waals surface area contributed by atoms with Gasteiger partial charge in [0.15, 0.2) is 0 Å². The molecule has 1 aromatic carbocycles. The highest BCUT2D eigenvalue weighted by Gasteiger charge is 2.17. The van der Waals surface area contributed by atoms with Crippen molar-refractivity contribution in [3.05, 3.63) is 29.3 Å². The summed E-state index contributed by atoms with van der Waals surface area (Å²) in [6.45, 7) is 0. The second-order valence-corrected chi connectivity index (χ2v) is 5.36. The number of carbonyl (C=O) groups is 2. The Bertz CT molecular complexity index is 536. The number of benzene rings is 1. The van der Waals surface area contributed by atoms with E-state index in [-0.39, 0.29) is 24.8 Å². The van der Waals surface area contributed by atoms with Crippen molar-refractivity contribution in [2.24, 2.45) is 0 Å². The number of hydrogen-bond acceptors (Lipinski definition) is 4. The molecular formula is C8H7Cl3O6S. The summed E-state index contributed by atoms with van der Waals surface area (Å²) >= 11 is 0. The molecule has 0 aromatic heterocycles. The topological polar surface area (TPSA) is 109 Å². The van der Waals surface area contributed by atoms with Crippen molar-refractivity contribution in [1.82, 2.24) is 0 Å². The Kier molecular flexibility index (Phi) is 7.29. The predicted octanol–water partition coefficient (Wildman–Crippen LogP) is 1.85. The first-order chi connectivity index (χ1) is 7.21. The molecular weight excluding hydrogens is 331 g/mol. The molecule has 0 spiro atoms. The average molecular weight is 338 g/mol. The number of carboxylic acids is 2. The molecule has 6 nitrogen and oxygen atoms in total. The zero-order valence-electron chi connectivity index (χ0n) is 8.36. The normalized spacial score (nSPS) is 9.83. The number of aromatic carboxylic acids is 2. The highest BCUT2D eigenvalue weighted by Crippen LogP contribution is 2.19. The van der Waals surface area contributed by atoms with E-state index in [9.17, 15) is 18.0 Å². The van der Waals surface area contributed by atoms with Gasteiger partial charge in [0.05, 0.1) is 16.0 Å². The van der Waals surface area contributed by atoms with Gasteiger partial charge >= 0.3 is 11.9 Å². The zero-order chi connectivity index (χ0) is 12.5. The van der Waals surface area contributed by atoms with Crippen LogP contribution in [0.1, 0.15) is 20.7 Å². The number of rotatable bonds is 3. The van der Waals surface area contributed by atoms with Crippen LogP contribution in [-0.4, -0.2) is 30.6 Å². The van der Waals surface area contributed by atoms with E-state index in [0.29, 0.717) is 0 Å². The Morgan fingerprint density at radius 2 is 1.28 bits per heavy atom. The lowest BCUT2D eigenvalue weighted by Crippen LogP contribution is -2.05. The summed E-state index contributed by atoms with van der Waals surface area (Å²) in [6, 6.07) is 2.42. The maximum atomic E-state index is 11.0. The molecule has 0 unspecified atom stereocenters. The Morgan fingerprint density at radius 3 is 1.50 bits per heavy atom. The maximum Gasteiger partial charge on any atom is 0.335 e. The highest BCUT2D eigenvalue weighted by atomic mass is 35.7. The van der Waals surface area contributed by atoms with Crippen LogP contribution in [-0.2, 0) is 9.05 Å². The molecule has 0 aliphatic carbocycles. The monoisotopic (exact) mass is 336 g/mol. The van der Waals surface area contributed by atoms with E-state index in [1.54, 1.807) is 0 Å². The first-order valence-electron chi connectivity index (χ1n) is 3.78. The molecule has 102 valence electrons. The standard InChI is InChI=1S/C8H5ClO6S.2ClH/c9-16(14,15)6-2-4(7(10)11)1-5(3-6)8(12)13;;/h1-3H,(H,10,11)(H,12,13);2*1H. The van der Waals surface area contributed by atoms with Crippen LogP contribution >= 0.6 is 35.5 Å². The van der Waals surface area contributed by atoms with Crippen molar-refractivity contribution in [3.63, 3.8) is 0 Å². The minimum absolute atomic E-state index is 0. The first kappa shape index (κ1) is 19.3. The summed E-state index contributed by atoms with van der Waals surface area (Å²) in [7, 11) is 0.829. The van der Waals surface area contributed by atoms with E-state index in [2.05, 4.69) is 0 Å². The van der Waals surface area contributed by atoms with Crippen molar-refractivity contribution < 1.29 is 28.2 Å². The number of hydrogen-bond donors (Lipinski definition) is 2. The summed E-state index contributed by atoms with van der Waals surface area (Å²) in [6.07, 6.45) is 0. The van der Waals surface area contributed by atoms with Crippen molar-refractivity contribution in [2.45, 2.75) is 4.90 Å². The molecule has 0 saturated heterocycles. The van der Waals surface area contributed by atoms with E-state index >= 15 is 0 Å². The van der Waals surface area contributed by atoms with Crippen LogP contribution < -0.4 is 0 Å². The van der Waals surface area contributed by atoms with Gasteiger partial charge < -0.3 is 10.2 Å². The van der Waals surface area contributed by atoms with Gasteiger partial charge in [0.25, 0.3) is 9.05 Å². The van der Waals surface area contributed by atoms with Gasteiger partial charge in [-0.3, -0.25) is 0 Å². The Hall–Kier alpha value is -1.02. The van der Waals surface area contributed by atoms with Gasteiger partial charge in [0, 0.05) is 10.7 Å². The van der Waals surface area contributed by atoms with Gasteiger partial charge in [-0.05, 0) is 18.2 Å². The molecule has 0 radical (unpaired) electrons. The van der Waals surface area contributed by atoms with E-state index in [1.807, 2.05) is 0 Å². The molecule has 0 atom stereocenters. The molecule has 18 heavy (non-hydrogen) atoms. The van der Waals surface area contributed by atoms with Crippen LogP contribution in [0, 0.1) is 0 Å². The fraction of sp³-hybridized carbons (Fsp3) is 0. The predicted molar refractivity (Wildman–Crippen MR) is 67.9 cm³/mol. The summed E-state index contributed by atoms with van der Waals surface area (Å²) in [4.78, 5) is 20.7. The highest BCUT2D eigenvalue weighted by molar-refractivity contribution is 8.13. The fourth-order valence-corrected chi connectivity index (χ4v) is 1.79. The van der Waals surface area contributed by atoms with Gasteiger partial charge in [-0.1, -0.05) is 0 Å². The molecule has 0 amide bonds. The van der Waals surface area contributed by atoms with E-state index in [1.165, 1.54) is 0 Å². The summed E-state index contributed by atoms with van der Waals surface area (Å²) < 4.78 is 21.9. The molecule has 0 bridgehead atoms. The average Bonchev–Trinajstić information content (AvgIpc) is 2.15. The smallest absolute Gasteiger partial charge is 0.335 e. The molecule has 0 saturated carbocycles. The lowest BCUT2D eigenvalue weighted by molar-refractivity contribution is 0.0696. The third-order valence-electron chi connectivity index (χ3n) is 1.68. The van der Waals surface area contributed by atoms with Gasteiger partial charge in [0.1, 0.15) is 0 Å². The zero-order valence-corrected chi connectivity index (χ0v) is 11.6. The van der Waals surface area contributed by atoms with Crippen LogP contribution in [0.25, 0.3) is 0 Å². The van der Waals surface area contributed by atoms with Crippen molar-refractivity contribution in [3.8, 4) is 0 Å². The third kappa shape index (κ3) is 4.69. The second-order valence-electron chi connectivity index (χ2n) is 2.79. The lowest BCUT2D eigenvalue weighted by atomic mass is 10.1. The molecule has 1 aromatic rings. The second kappa shape index (κ2) is 6.79. The van der Waals surface area contributed by atoms with Crippen LogP contribution in [0.3, 0.4) is 0 Å². The van der Waals surface area contributed by atoms with Gasteiger partial charge in [-0.2, -0.15) is 0 Å². The fourth-order valence-electron chi connectivity index (χ4n) is 0.987. The first-order valence-corrected chi connectivity index (χ1v) is 6.09. The van der Waals surface area contributed by atoms with Gasteiger partial charge in [-0.25, -0.2) is 18.0 Å². The minimum Gasteiger partial charge on any atom is -0.478 e. The number of carboxylic acid groups (broad SMARTS) is 2.